The topological polar surface area (TPSA) is 86.8 Å². The molecular formula is C26H34ClN3O4S. The molecule has 190 valence electrons. The molecular weight excluding hydrogens is 486 g/mol. The quantitative estimate of drug-likeness (QED) is 0.507. The molecule has 1 atom stereocenters. The van der Waals surface area contributed by atoms with Crippen LogP contribution in [0.15, 0.2) is 48.5 Å². The Balaban J connectivity index is 1.92. The molecule has 1 N–H and O–H groups in total. The maximum atomic E-state index is 13.7. The van der Waals surface area contributed by atoms with Crippen LogP contribution in [0.25, 0.3) is 0 Å². The Morgan fingerprint density at radius 3 is 2.29 bits per heavy atom. The van der Waals surface area contributed by atoms with E-state index in [1.165, 1.54) is 4.90 Å². The fraction of sp³-hybridized carbons (Fsp3) is 0.462. The summed E-state index contributed by atoms with van der Waals surface area (Å²) >= 11 is 5.97. The number of benzene rings is 2. The van der Waals surface area contributed by atoms with Gasteiger partial charge in [-0.3, -0.25) is 13.9 Å². The van der Waals surface area contributed by atoms with Gasteiger partial charge in [-0.15, -0.1) is 0 Å². The Labute approximate surface area is 213 Å². The zero-order valence-corrected chi connectivity index (χ0v) is 22.1. The van der Waals surface area contributed by atoms with Gasteiger partial charge in [-0.05, 0) is 61.6 Å². The Hall–Kier alpha value is -2.58. The first kappa shape index (κ1) is 27.0. The maximum Gasteiger partial charge on any atom is 0.244 e. The Bertz CT molecular complexity index is 1130. The van der Waals surface area contributed by atoms with Crippen LogP contribution in [0.3, 0.4) is 0 Å². The van der Waals surface area contributed by atoms with Crippen molar-refractivity contribution in [2.24, 2.45) is 0 Å². The number of nitrogens with zero attached hydrogens (tertiary/aromatic N) is 2. The molecule has 1 aliphatic rings. The first-order valence-electron chi connectivity index (χ1n) is 12.0. The number of amides is 2. The molecule has 0 bridgehead atoms. The van der Waals surface area contributed by atoms with Crippen molar-refractivity contribution in [3.63, 3.8) is 0 Å². The molecule has 1 aliphatic carbocycles. The minimum absolute atomic E-state index is 0.119. The summed E-state index contributed by atoms with van der Waals surface area (Å²) in [6, 6.07) is 13.4. The first-order valence-corrected chi connectivity index (χ1v) is 14.2. The number of nitrogens with one attached hydrogen (secondary N) is 1. The summed E-state index contributed by atoms with van der Waals surface area (Å²) in [5.41, 5.74) is 2.24. The predicted molar refractivity (Wildman–Crippen MR) is 140 cm³/mol. The fourth-order valence-electron chi connectivity index (χ4n) is 4.48. The number of sulfonamides is 1. The third-order valence-electron chi connectivity index (χ3n) is 6.48. The summed E-state index contributed by atoms with van der Waals surface area (Å²) in [4.78, 5) is 28.5. The lowest BCUT2D eigenvalue weighted by molar-refractivity contribution is -0.140. The van der Waals surface area contributed by atoms with Crippen molar-refractivity contribution in [1.29, 1.82) is 0 Å². The van der Waals surface area contributed by atoms with E-state index in [9.17, 15) is 18.0 Å². The van der Waals surface area contributed by atoms with Crippen molar-refractivity contribution in [1.82, 2.24) is 10.2 Å². The van der Waals surface area contributed by atoms with E-state index in [-0.39, 0.29) is 18.5 Å². The molecule has 0 heterocycles. The van der Waals surface area contributed by atoms with E-state index >= 15 is 0 Å². The summed E-state index contributed by atoms with van der Waals surface area (Å²) in [6.45, 7) is 3.61. The number of carbonyl (C=O) groups excluding carboxylic acids is 2. The van der Waals surface area contributed by atoms with Crippen LogP contribution in [-0.4, -0.2) is 50.0 Å². The number of anilines is 1. The summed E-state index contributed by atoms with van der Waals surface area (Å²) in [6.07, 6.45) is 5.51. The summed E-state index contributed by atoms with van der Waals surface area (Å²) in [5.74, 6) is -0.638. The summed E-state index contributed by atoms with van der Waals surface area (Å²) < 4.78 is 26.3. The molecule has 7 nitrogen and oxygen atoms in total. The average molecular weight is 520 g/mol. The van der Waals surface area contributed by atoms with Crippen LogP contribution >= 0.6 is 11.6 Å². The second kappa shape index (κ2) is 11.9. The van der Waals surface area contributed by atoms with Gasteiger partial charge in [-0.25, -0.2) is 8.42 Å². The van der Waals surface area contributed by atoms with Gasteiger partial charge in [-0.1, -0.05) is 55.6 Å². The highest BCUT2D eigenvalue weighted by molar-refractivity contribution is 7.92. The van der Waals surface area contributed by atoms with Gasteiger partial charge in [0.15, 0.2) is 0 Å². The second-order valence-electron chi connectivity index (χ2n) is 9.11. The molecule has 0 aromatic heterocycles. The number of aryl methyl sites for hydroxylation is 1. The van der Waals surface area contributed by atoms with Crippen molar-refractivity contribution in [2.75, 3.05) is 17.1 Å². The third-order valence-corrected chi connectivity index (χ3v) is 7.88. The molecule has 1 saturated carbocycles. The van der Waals surface area contributed by atoms with E-state index in [0.717, 1.165) is 47.4 Å². The van der Waals surface area contributed by atoms with Gasteiger partial charge >= 0.3 is 0 Å². The highest BCUT2D eigenvalue weighted by Crippen LogP contribution is 2.23. The van der Waals surface area contributed by atoms with Gasteiger partial charge < -0.3 is 10.2 Å². The van der Waals surface area contributed by atoms with Crippen molar-refractivity contribution >= 4 is 39.1 Å². The normalized spacial score (nSPS) is 15.0. The van der Waals surface area contributed by atoms with Crippen LogP contribution in [0.5, 0.6) is 0 Å². The minimum atomic E-state index is -3.77. The third kappa shape index (κ3) is 7.21. The highest BCUT2D eigenvalue weighted by Gasteiger charge is 2.33. The van der Waals surface area contributed by atoms with Crippen LogP contribution in [-0.2, 0) is 26.2 Å². The van der Waals surface area contributed by atoms with E-state index in [0.29, 0.717) is 17.1 Å². The summed E-state index contributed by atoms with van der Waals surface area (Å²) in [7, 11) is -3.77. The molecule has 2 amide bonds. The fourth-order valence-corrected chi connectivity index (χ4v) is 5.45. The Morgan fingerprint density at radius 2 is 1.71 bits per heavy atom. The molecule has 1 fully saturated rings. The number of carbonyl (C=O) groups is 2. The highest BCUT2D eigenvalue weighted by atomic mass is 35.5. The number of hydrogen-bond donors (Lipinski definition) is 1. The molecule has 0 unspecified atom stereocenters. The molecule has 0 saturated heterocycles. The van der Waals surface area contributed by atoms with Gasteiger partial charge in [0.1, 0.15) is 12.6 Å². The lowest BCUT2D eigenvalue weighted by Gasteiger charge is -2.33. The molecule has 0 radical (unpaired) electrons. The van der Waals surface area contributed by atoms with Crippen LogP contribution in [0.4, 0.5) is 5.69 Å². The van der Waals surface area contributed by atoms with E-state index < -0.39 is 28.5 Å². The van der Waals surface area contributed by atoms with E-state index in [2.05, 4.69) is 5.32 Å². The van der Waals surface area contributed by atoms with Crippen LogP contribution < -0.4 is 9.62 Å². The van der Waals surface area contributed by atoms with Crippen molar-refractivity contribution in [2.45, 2.75) is 64.6 Å². The van der Waals surface area contributed by atoms with Crippen LogP contribution in [0.2, 0.25) is 5.02 Å². The van der Waals surface area contributed by atoms with Gasteiger partial charge in [0.05, 0.1) is 11.9 Å². The van der Waals surface area contributed by atoms with Gasteiger partial charge in [-0.2, -0.15) is 0 Å². The lowest BCUT2D eigenvalue weighted by Crippen LogP contribution is -2.53. The van der Waals surface area contributed by atoms with Crippen molar-refractivity contribution in [3.8, 4) is 0 Å². The van der Waals surface area contributed by atoms with Gasteiger partial charge in [0.25, 0.3) is 0 Å². The number of halogens is 1. The van der Waals surface area contributed by atoms with Gasteiger partial charge in [0.2, 0.25) is 21.8 Å². The SMILES string of the molecule is CC[C@@H](C(=O)NC1CCCC1)N(Cc1ccccc1C)C(=O)CN(c1ccc(Cl)cc1)S(C)(=O)=O. The van der Waals surface area contributed by atoms with E-state index in [1.54, 1.807) is 24.3 Å². The van der Waals surface area contributed by atoms with Gasteiger partial charge in [0, 0.05) is 17.6 Å². The zero-order valence-electron chi connectivity index (χ0n) is 20.5. The minimum Gasteiger partial charge on any atom is -0.352 e. The molecule has 2 aromatic rings. The summed E-state index contributed by atoms with van der Waals surface area (Å²) in [5, 5.41) is 3.57. The molecule has 0 aliphatic heterocycles. The monoisotopic (exact) mass is 519 g/mol. The van der Waals surface area contributed by atoms with Crippen LogP contribution in [0, 0.1) is 6.92 Å². The smallest absolute Gasteiger partial charge is 0.244 e. The lowest BCUT2D eigenvalue weighted by atomic mass is 10.1. The Kier molecular flexibility index (Phi) is 9.19. The predicted octanol–water partition coefficient (Wildman–Crippen LogP) is 4.28. The largest absolute Gasteiger partial charge is 0.352 e. The number of hydrogen-bond acceptors (Lipinski definition) is 4. The number of rotatable bonds is 10. The van der Waals surface area contributed by atoms with E-state index in [1.807, 2.05) is 38.1 Å². The standard InChI is InChI=1S/C26H34ClN3O4S/c1-4-24(26(32)28-22-11-7-8-12-22)29(17-20-10-6-5-9-19(20)2)25(31)18-30(35(3,33)34)23-15-13-21(27)14-16-23/h5-6,9-10,13-16,22,24H,4,7-8,11-12,17-18H2,1-3H3,(H,28,32)/t24-/m0/s1. The molecule has 0 spiro atoms. The van der Waals surface area contributed by atoms with Crippen molar-refractivity contribution < 1.29 is 18.0 Å². The maximum absolute atomic E-state index is 13.7. The average Bonchev–Trinajstić information content (AvgIpc) is 3.31. The van der Waals surface area contributed by atoms with E-state index in [4.69, 9.17) is 11.6 Å². The molecule has 2 aromatic carbocycles. The Morgan fingerprint density at radius 1 is 1.09 bits per heavy atom. The second-order valence-corrected chi connectivity index (χ2v) is 11.5. The first-order chi connectivity index (χ1) is 16.6. The van der Waals surface area contributed by atoms with Crippen LogP contribution in [0.1, 0.15) is 50.2 Å². The molecule has 3 rings (SSSR count). The molecule has 35 heavy (non-hydrogen) atoms. The van der Waals surface area contributed by atoms with Crippen molar-refractivity contribution in [3.05, 3.63) is 64.7 Å². The zero-order chi connectivity index (χ0) is 25.6. The molecule has 9 heteroatoms.